The highest BCUT2D eigenvalue weighted by Crippen LogP contribution is 2.11. The predicted octanol–water partition coefficient (Wildman–Crippen LogP) is 2.61. The Balaban J connectivity index is 1.55. The highest BCUT2D eigenvalue weighted by Gasteiger charge is 2.20. The Kier molecular flexibility index (Phi) is 6.30. The molecule has 0 saturated carbocycles. The molecule has 1 aliphatic heterocycles. The molecule has 1 fully saturated rings. The van der Waals surface area contributed by atoms with E-state index in [4.69, 9.17) is 21.1 Å². The second-order valence-corrected chi connectivity index (χ2v) is 6.49. The van der Waals surface area contributed by atoms with Crippen molar-refractivity contribution in [3.05, 3.63) is 52.9 Å². The van der Waals surface area contributed by atoms with Gasteiger partial charge < -0.3 is 14.7 Å². The van der Waals surface area contributed by atoms with Crippen LogP contribution in [0.3, 0.4) is 0 Å². The van der Waals surface area contributed by atoms with Crippen molar-refractivity contribution in [2.75, 3.05) is 32.7 Å². The van der Waals surface area contributed by atoms with Crippen LogP contribution in [0.15, 0.2) is 46.1 Å². The molecule has 0 aliphatic carbocycles. The summed E-state index contributed by atoms with van der Waals surface area (Å²) in [5, 5.41) is 8.14. The highest BCUT2D eigenvalue weighted by molar-refractivity contribution is 6.30. The predicted molar refractivity (Wildman–Crippen MR) is 99.6 cm³/mol. The van der Waals surface area contributed by atoms with E-state index in [1.807, 2.05) is 30.3 Å². The molecule has 0 spiro atoms. The van der Waals surface area contributed by atoms with Gasteiger partial charge in [0, 0.05) is 50.4 Å². The fourth-order valence-electron chi connectivity index (χ4n) is 2.85. The van der Waals surface area contributed by atoms with Gasteiger partial charge in [0.25, 0.3) is 0 Å². The highest BCUT2D eigenvalue weighted by atomic mass is 35.5. The Bertz CT molecular complexity index is 663. The van der Waals surface area contributed by atoms with Gasteiger partial charge in [-0.25, -0.2) is 4.99 Å². The van der Waals surface area contributed by atoms with Crippen molar-refractivity contribution >= 4 is 17.6 Å². The third-order valence-corrected chi connectivity index (χ3v) is 4.46. The van der Waals surface area contributed by atoms with E-state index in [0.717, 1.165) is 61.5 Å². The summed E-state index contributed by atoms with van der Waals surface area (Å²) in [6.07, 6.45) is 1.62. The third kappa shape index (κ3) is 5.21. The van der Waals surface area contributed by atoms with Crippen LogP contribution in [-0.2, 0) is 13.1 Å². The average molecular weight is 362 g/mol. The lowest BCUT2D eigenvalue weighted by Crippen LogP contribution is -2.52. The zero-order valence-electron chi connectivity index (χ0n) is 14.5. The normalized spacial score (nSPS) is 16.2. The minimum atomic E-state index is 0.651. The molecule has 0 atom stereocenters. The van der Waals surface area contributed by atoms with Crippen molar-refractivity contribution in [1.29, 1.82) is 0 Å². The van der Waals surface area contributed by atoms with Crippen LogP contribution in [0.1, 0.15) is 18.2 Å². The van der Waals surface area contributed by atoms with Crippen molar-refractivity contribution in [2.24, 2.45) is 4.99 Å². The Labute approximate surface area is 153 Å². The molecule has 1 aromatic heterocycles. The molecule has 1 saturated heterocycles. The van der Waals surface area contributed by atoms with Gasteiger partial charge >= 0.3 is 0 Å². The van der Waals surface area contributed by atoms with E-state index in [1.54, 1.807) is 6.26 Å². The van der Waals surface area contributed by atoms with Gasteiger partial charge in [-0.15, -0.1) is 0 Å². The quantitative estimate of drug-likeness (QED) is 0.655. The zero-order chi connectivity index (χ0) is 17.5. The molecule has 6 nitrogen and oxygen atoms in total. The van der Waals surface area contributed by atoms with Gasteiger partial charge in [0.05, 0.1) is 12.2 Å². The summed E-state index contributed by atoms with van der Waals surface area (Å²) in [5.41, 5.74) is 2.14. The third-order valence-electron chi connectivity index (χ3n) is 4.21. The van der Waals surface area contributed by atoms with E-state index >= 15 is 0 Å². The van der Waals surface area contributed by atoms with E-state index < -0.39 is 0 Å². The second kappa shape index (κ2) is 8.87. The van der Waals surface area contributed by atoms with Gasteiger partial charge in [0.2, 0.25) is 0 Å². The molecule has 2 aromatic rings. The monoisotopic (exact) mass is 361 g/mol. The first-order valence-electron chi connectivity index (χ1n) is 8.64. The molecule has 1 N–H and O–H groups in total. The summed E-state index contributed by atoms with van der Waals surface area (Å²) in [6.45, 7) is 8.31. The largest absolute Gasteiger partial charge is 0.364 e. The topological polar surface area (TPSA) is 56.9 Å². The van der Waals surface area contributed by atoms with Gasteiger partial charge in [0.1, 0.15) is 6.26 Å². The lowest BCUT2D eigenvalue weighted by atomic mass is 10.2. The summed E-state index contributed by atoms with van der Waals surface area (Å²) in [6, 6.07) is 9.77. The van der Waals surface area contributed by atoms with Crippen molar-refractivity contribution in [1.82, 2.24) is 20.3 Å². The van der Waals surface area contributed by atoms with Crippen molar-refractivity contribution in [2.45, 2.75) is 20.0 Å². The molecule has 0 amide bonds. The minimum Gasteiger partial charge on any atom is -0.364 e. The van der Waals surface area contributed by atoms with E-state index in [-0.39, 0.29) is 0 Å². The molecule has 0 radical (unpaired) electrons. The van der Waals surface area contributed by atoms with Crippen LogP contribution in [0.2, 0.25) is 5.02 Å². The molecule has 0 bridgehead atoms. The zero-order valence-corrected chi connectivity index (χ0v) is 15.2. The Morgan fingerprint density at radius 3 is 2.60 bits per heavy atom. The SMILES string of the molecule is CCNC(=NCc1ccc(Cl)cc1)N1CCN(Cc2ccon2)CC1. The van der Waals surface area contributed by atoms with Crippen LogP contribution in [0.5, 0.6) is 0 Å². The molecule has 7 heteroatoms. The number of aromatic nitrogens is 1. The molecule has 2 heterocycles. The number of aliphatic imine (C=N–C) groups is 1. The minimum absolute atomic E-state index is 0.651. The van der Waals surface area contributed by atoms with Crippen LogP contribution in [0, 0.1) is 0 Å². The number of guanidine groups is 1. The number of rotatable bonds is 5. The molecule has 1 aromatic carbocycles. The van der Waals surface area contributed by atoms with Gasteiger partial charge in [-0.05, 0) is 24.6 Å². The maximum absolute atomic E-state index is 5.94. The molecular formula is C18H24ClN5O. The maximum atomic E-state index is 5.94. The van der Waals surface area contributed by atoms with Gasteiger partial charge in [-0.2, -0.15) is 0 Å². The number of nitrogens with zero attached hydrogens (tertiary/aromatic N) is 4. The van der Waals surface area contributed by atoms with Crippen LogP contribution in [-0.4, -0.2) is 53.6 Å². The van der Waals surface area contributed by atoms with E-state index in [2.05, 4.69) is 27.2 Å². The number of piperazine rings is 1. The van der Waals surface area contributed by atoms with E-state index in [1.165, 1.54) is 0 Å². The first kappa shape index (κ1) is 17.8. The average Bonchev–Trinajstić information content (AvgIpc) is 3.14. The summed E-state index contributed by atoms with van der Waals surface area (Å²) in [7, 11) is 0. The lowest BCUT2D eigenvalue weighted by molar-refractivity contribution is 0.169. The molecule has 134 valence electrons. The Hall–Kier alpha value is -2.05. The number of benzene rings is 1. The number of hydrogen-bond donors (Lipinski definition) is 1. The van der Waals surface area contributed by atoms with E-state index in [0.29, 0.717) is 6.54 Å². The molecule has 1 aliphatic rings. The van der Waals surface area contributed by atoms with Crippen LogP contribution >= 0.6 is 11.6 Å². The first-order valence-corrected chi connectivity index (χ1v) is 9.01. The van der Waals surface area contributed by atoms with Gasteiger partial charge in [-0.3, -0.25) is 4.90 Å². The maximum Gasteiger partial charge on any atom is 0.194 e. The summed E-state index contributed by atoms with van der Waals surface area (Å²) in [5.74, 6) is 0.971. The lowest BCUT2D eigenvalue weighted by Gasteiger charge is -2.36. The number of hydrogen-bond acceptors (Lipinski definition) is 4. The Morgan fingerprint density at radius 2 is 1.96 bits per heavy atom. The van der Waals surface area contributed by atoms with Gasteiger partial charge in [-0.1, -0.05) is 28.9 Å². The summed E-state index contributed by atoms with van der Waals surface area (Å²) < 4.78 is 4.90. The van der Waals surface area contributed by atoms with Crippen LogP contribution < -0.4 is 5.32 Å². The molecular weight excluding hydrogens is 338 g/mol. The molecule has 0 unspecified atom stereocenters. The van der Waals surface area contributed by atoms with Crippen LogP contribution in [0.25, 0.3) is 0 Å². The molecule has 3 rings (SSSR count). The summed E-state index contributed by atoms with van der Waals surface area (Å²) in [4.78, 5) is 9.48. The summed E-state index contributed by atoms with van der Waals surface area (Å²) >= 11 is 5.94. The fourth-order valence-corrected chi connectivity index (χ4v) is 2.97. The van der Waals surface area contributed by atoms with Gasteiger partial charge in [0.15, 0.2) is 5.96 Å². The Morgan fingerprint density at radius 1 is 1.20 bits per heavy atom. The first-order chi connectivity index (χ1) is 12.2. The van der Waals surface area contributed by atoms with Crippen molar-refractivity contribution < 1.29 is 4.52 Å². The fraction of sp³-hybridized carbons (Fsp3) is 0.444. The standard InChI is InChI=1S/C18H24ClN5O/c1-2-20-18(21-13-15-3-5-16(19)6-4-15)24-10-8-23(9-11-24)14-17-7-12-25-22-17/h3-7,12H,2,8-11,13-14H2,1H3,(H,20,21). The molecule has 25 heavy (non-hydrogen) atoms. The van der Waals surface area contributed by atoms with Crippen LogP contribution in [0.4, 0.5) is 0 Å². The van der Waals surface area contributed by atoms with E-state index in [9.17, 15) is 0 Å². The van der Waals surface area contributed by atoms with Crippen molar-refractivity contribution in [3.63, 3.8) is 0 Å². The smallest absolute Gasteiger partial charge is 0.194 e. The van der Waals surface area contributed by atoms with Crippen molar-refractivity contribution in [3.8, 4) is 0 Å². The second-order valence-electron chi connectivity index (χ2n) is 6.05. The number of halogens is 1. The number of nitrogens with one attached hydrogen (secondary N) is 1.